The van der Waals surface area contributed by atoms with Crippen LogP contribution in [0.25, 0.3) is 0 Å². The van der Waals surface area contributed by atoms with Crippen LogP contribution in [0.2, 0.25) is 5.04 Å². The molecule has 0 heterocycles. The van der Waals surface area contributed by atoms with Crippen molar-refractivity contribution in [3.8, 4) is 0 Å². The Balaban J connectivity index is 1.81. The summed E-state index contributed by atoms with van der Waals surface area (Å²) >= 11 is 0. The van der Waals surface area contributed by atoms with Crippen LogP contribution in [0.4, 0.5) is 0 Å². The topological polar surface area (TPSA) is 30.5 Å². The molecule has 1 N–H and O–H groups in total. The van der Waals surface area contributed by atoms with E-state index in [0.717, 1.165) is 0 Å². The first kappa shape index (κ1) is 27.8. The fourth-order valence-corrected chi connectivity index (χ4v) is 9.27. The number of allylic oxidation sites excluding steroid dienone is 1. The molecule has 36 heavy (non-hydrogen) atoms. The molecule has 0 aromatic heterocycles. The Morgan fingerprint density at radius 3 is 1.86 bits per heavy atom. The Morgan fingerprint density at radius 1 is 0.861 bits per heavy atom. The molecular formula is C32H41NO2Si. The first-order valence-corrected chi connectivity index (χ1v) is 14.7. The molecule has 2 atom stereocenters. The van der Waals surface area contributed by atoms with Crippen LogP contribution in [0.5, 0.6) is 0 Å². The maximum Gasteiger partial charge on any atom is 0.261 e. The van der Waals surface area contributed by atoms with E-state index in [1.165, 1.54) is 15.9 Å². The second-order valence-corrected chi connectivity index (χ2v) is 14.3. The van der Waals surface area contributed by atoms with Crippen LogP contribution in [-0.4, -0.2) is 33.6 Å². The van der Waals surface area contributed by atoms with Crippen LogP contribution < -0.4 is 15.7 Å². The number of hydrogen-bond acceptors (Lipinski definition) is 3. The highest BCUT2D eigenvalue weighted by Gasteiger charge is 2.51. The number of rotatable bonds is 13. The lowest BCUT2D eigenvalue weighted by Crippen LogP contribution is -2.68. The van der Waals surface area contributed by atoms with Gasteiger partial charge in [0.1, 0.15) is 0 Å². The Bertz CT molecular complexity index is 1020. The predicted octanol–water partition coefficient (Wildman–Crippen LogP) is 5.87. The van der Waals surface area contributed by atoms with E-state index in [1.54, 1.807) is 0 Å². The van der Waals surface area contributed by atoms with E-state index in [2.05, 4.69) is 125 Å². The van der Waals surface area contributed by atoms with E-state index in [0.29, 0.717) is 19.8 Å². The van der Waals surface area contributed by atoms with Gasteiger partial charge in [-0.1, -0.05) is 130 Å². The second-order valence-electron chi connectivity index (χ2n) is 10.1. The van der Waals surface area contributed by atoms with Crippen molar-refractivity contribution in [2.24, 2.45) is 0 Å². The SMILES string of the molecule is C=C[C@H](COCc1ccccc1)NC[C@@H](/C=C\C)O[Si](c1ccccc1)(c1ccccc1)C(C)(C)C. The van der Waals surface area contributed by atoms with Crippen molar-refractivity contribution in [3.05, 3.63) is 121 Å². The standard InChI is InChI=1S/C32H41NO2Si/c1-6-17-29(24-33-28(7-2)26-34-25-27-18-11-8-12-19-27)35-36(32(3,4)5,30-20-13-9-14-21-30)31-22-15-10-16-23-31/h6-23,28-29,33H,2,24-26H2,1,3-5H3/b17-6-/t28-,29-/m1/s1. The fourth-order valence-electron chi connectivity index (χ4n) is 4.64. The first-order valence-electron chi connectivity index (χ1n) is 12.8. The molecule has 0 saturated heterocycles. The minimum absolute atomic E-state index is 0.0317. The van der Waals surface area contributed by atoms with Gasteiger partial charge in [-0.3, -0.25) is 0 Å². The predicted molar refractivity (Wildman–Crippen MR) is 155 cm³/mol. The van der Waals surface area contributed by atoms with Crippen LogP contribution in [0.15, 0.2) is 116 Å². The van der Waals surface area contributed by atoms with Gasteiger partial charge in [-0.15, -0.1) is 6.58 Å². The summed E-state index contributed by atoms with van der Waals surface area (Å²) in [5.41, 5.74) is 1.17. The molecule has 3 rings (SSSR count). The van der Waals surface area contributed by atoms with Gasteiger partial charge < -0.3 is 14.5 Å². The van der Waals surface area contributed by atoms with Gasteiger partial charge in [-0.05, 0) is 27.9 Å². The normalized spacial score (nSPS) is 14.0. The molecule has 0 bridgehead atoms. The van der Waals surface area contributed by atoms with Crippen molar-refractivity contribution in [1.82, 2.24) is 5.32 Å². The highest BCUT2D eigenvalue weighted by Crippen LogP contribution is 2.37. The molecule has 3 nitrogen and oxygen atoms in total. The monoisotopic (exact) mass is 499 g/mol. The van der Waals surface area contributed by atoms with Crippen LogP contribution in [-0.2, 0) is 15.8 Å². The molecule has 0 aliphatic carbocycles. The first-order chi connectivity index (χ1) is 17.4. The Hall–Kier alpha value is -2.76. The number of nitrogens with one attached hydrogen (secondary N) is 1. The van der Waals surface area contributed by atoms with Gasteiger partial charge in [0, 0.05) is 12.6 Å². The second kappa shape index (κ2) is 13.5. The van der Waals surface area contributed by atoms with Crippen LogP contribution in [0.1, 0.15) is 33.3 Å². The zero-order valence-corrected chi connectivity index (χ0v) is 23.2. The van der Waals surface area contributed by atoms with E-state index in [1.807, 2.05) is 24.3 Å². The minimum Gasteiger partial charge on any atom is -0.400 e. The Morgan fingerprint density at radius 2 is 1.39 bits per heavy atom. The van der Waals surface area contributed by atoms with Crippen LogP contribution in [0.3, 0.4) is 0 Å². The zero-order valence-electron chi connectivity index (χ0n) is 22.2. The third kappa shape index (κ3) is 7.14. The average Bonchev–Trinajstić information content (AvgIpc) is 2.90. The summed E-state index contributed by atoms with van der Waals surface area (Å²) in [7, 11) is -2.65. The van der Waals surface area contributed by atoms with E-state index in [4.69, 9.17) is 9.16 Å². The molecule has 0 aliphatic rings. The molecular weight excluding hydrogens is 458 g/mol. The highest BCUT2D eigenvalue weighted by atomic mass is 28.4. The quantitative estimate of drug-likeness (QED) is 0.236. The summed E-state index contributed by atoms with van der Waals surface area (Å²) in [6, 6.07) is 31.8. The van der Waals surface area contributed by atoms with Gasteiger partial charge in [0.25, 0.3) is 8.32 Å². The summed E-state index contributed by atoms with van der Waals surface area (Å²) in [5, 5.41) is 6.11. The van der Waals surface area contributed by atoms with Crippen molar-refractivity contribution < 1.29 is 9.16 Å². The fraction of sp³-hybridized carbons (Fsp3) is 0.312. The molecule has 190 valence electrons. The summed E-state index contributed by atoms with van der Waals surface area (Å²) in [5.74, 6) is 0. The molecule has 0 spiro atoms. The molecule has 3 aromatic rings. The largest absolute Gasteiger partial charge is 0.400 e. The molecule has 3 aromatic carbocycles. The summed E-state index contributed by atoms with van der Waals surface area (Å²) in [6.07, 6.45) is 6.06. The van der Waals surface area contributed by atoms with Crippen LogP contribution in [0, 0.1) is 0 Å². The van der Waals surface area contributed by atoms with Gasteiger partial charge in [0.05, 0.1) is 19.3 Å². The van der Waals surface area contributed by atoms with E-state index < -0.39 is 8.32 Å². The van der Waals surface area contributed by atoms with Crippen molar-refractivity contribution in [1.29, 1.82) is 0 Å². The van der Waals surface area contributed by atoms with E-state index in [-0.39, 0.29) is 17.2 Å². The molecule has 0 unspecified atom stereocenters. The highest BCUT2D eigenvalue weighted by molar-refractivity contribution is 6.99. The van der Waals surface area contributed by atoms with Gasteiger partial charge in [0.2, 0.25) is 0 Å². The summed E-state index contributed by atoms with van der Waals surface area (Å²) in [4.78, 5) is 0. The number of ether oxygens (including phenoxy) is 1. The van der Waals surface area contributed by atoms with Gasteiger partial charge in [0.15, 0.2) is 0 Å². The summed E-state index contributed by atoms with van der Waals surface area (Å²) < 4.78 is 13.3. The van der Waals surface area contributed by atoms with Crippen LogP contribution >= 0.6 is 0 Å². The third-order valence-electron chi connectivity index (χ3n) is 6.43. The molecule has 0 aliphatic heterocycles. The van der Waals surface area contributed by atoms with Crippen molar-refractivity contribution >= 4 is 18.7 Å². The Kier molecular flexibility index (Phi) is 10.4. The maximum atomic E-state index is 7.30. The minimum atomic E-state index is -2.65. The summed E-state index contributed by atoms with van der Waals surface area (Å²) in [6.45, 7) is 14.8. The van der Waals surface area contributed by atoms with Gasteiger partial charge in [-0.25, -0.2) is 0 Å². The number of hydrogen-bond donors (Lipinski definition) is 1. The molecule has 0 amide bonds. The lowest BCUT2D eigenvalue weighted by Gasteiger charge is -2.45. The Labute approximate surface area is 219 Å². The molecule has 0 saturated carbocycles. The van der Waals surface area contributed by atoms with E-state index in [9.17, 15) is 0 Å². The van der Waals surface area contributed by atoms with Crippen molar-refractivity contribution in [3.63, 3.8) is 0 Å². The maximum absolute atomic E-state index is 7.30. The van der Waals surface area contributed by atoms with Crippen molar-refractivity contribution in [2.45, 2.75) is 51.5 Å². The lowest BCUT2D eigenvalue weighted by molar-refractivity contribution is 0.106. The lowest BCUT2D eigenvalue weighted by atomic mass is 10.2. The molecule has 4 heteroatoms. The smallest absolute Gasteiger partial charge is 0.261 e. The average molecular weight is 500 g/mol. The third-order valence-corrected chi connectivity index (χ3v) is 11.5. The van der Waals surface area contributed by atoms with Gasteiger partial charge in [-0.2, -0.15) is 0 Å². The van der Waals surface area contributed by atoms with E-state index >= 15 is 0 Å². The van der Waals surface area contributed by atoms with Gasteiger partial charge >= 0.3 is 0 Å². The molecule has 0 fully saturated rings. The van der Waals surface area contributed by atoms with Crippen molar-refractivity contribution in [2.75, 3.05) is 13.2 Å². The number of benzene rings is 3. The molecule has 0 radical (unpaired) electrons. The zero-order chi connectivity index (χ0) is 25.9.